The molecule has 0 aromatic carbocycles. The predicted molar refractivity (Wildman–Crippen MR) is 65.8 cm³/mol. The zero-order valence-corrected chi connectivity index (χ0v) is 10.4. The van der Waals surface area contributed by atoms with Gasteiger partial charge in [-0.15, -0.1) is 0 Å². The summed E-state index contributed by atoms with van der Waals surface area (Å²) in [7, 11) is 1.96. The third-order valence-electron chi connectivity index (χ3n) is 3.99. The van der Waals surface area contributed by atoms with Crippen LogP contribution in [0.15, 0.2) is 12.4 Å². The van der Waals surface area contributed by atoms with Gasteiger partial charge < -0.3 is 10.1 Å². The molecule has 1 N–H and O–H groups in total. The van der Waals surface area contributed by atoms with Gasteiger partial charge in [-0.1, -0.05) is 0 Å². The van der Waals surface area contributed by atoms with E-state index in [2.05, 4.69) is 16.6 Å². The Bertz CT molecular complexity index is 376. The van der Waals surface area contributed by atoms with Gasteiger partial charge >= 0.3 is 0 Å². The van der Waals surface area contributed by atoms with Gasteiger partial charge in [0.05, 0.1) is 18.4 Å². The maximum absolute atomic E-state index is 5.85. The van der Waals surface area contributed by atoms with Crippen molar-refractivity contribution in [3.63, 3.8) is 0 Å². The van der Waals surface area contributed by atoms with Gasteiger partial charge in [0.15, 0.2) is 0 Å². The van der Waals surface area contributed by atoms with Gasteiger partial charge in [-0.3, -0.25) is 4.68 Å². The number of nitrogens with zero attached hydrogens (tertiary/aromatic N) is 2. The first-order chi connectivity index (χ1) is 8.31. The van der Waals surface area contributed by atoms with Gasteiger partial charge in [-0.2, -0.15) is 5.10 Å². The van der Waals surface area contributed by atoms with Gasteiger partial charge in [0, 0.05) is 25.7 Å². The molecule has 3 rings (SSSR count). The van der Waals surface area contributed by atoms with Crippen molar-refractivity contribution in [2.24, 2.45) is 13.0 Å². The van der Waals surface area contributed by atoms with Crippen molar-refractivity contribution < 1.29 is 4.74 Å². The number of aryl methyl sites for hydroxylation is 1. The summed E-state index contributed by atoms with van der Waals surface area (Å²) in [6.45, 7) is 2.15. The van der Waals surface area contributed by atoms with Crippen LogP contribution < -0.4 is 5.32 Å². The Morgan fingerprint density at radius 2 is 2.47 bits per heavy atom. The van der Waals surface area contributed by atoms with Crippen LogP contribution in [-0.2, 0) is 18.2 Å². The van der Waals surface area contributed by atoms with Crippen molar-refractivity contribution >= 4 is 0 Å². The Balaban J connectivity index is 1.36. The zero-order valence-electron chi connectivity index (χ0n) is 10.4. The molecule has 2 saturated heterocycles. The predicted octanol–water partition coefficient (Wildman–Crippen LogP) is 1.12. The fourth-order valence-corrected chi connectivity index (χ4v) is 3.08. The van der Waals surface area contributed by atoms with Crippen molar-refractivity contribution in [2.45, 2.75) is 37.9 Å². The molecule has 17 heavy (non-hydrogen) atoms. The standard InChI is InChI=1S/C13H21N3O/c1-16-9-10(7-15-16)4-5-14-8-11-6-12-2-3-13(11)17-12/h7,9,11-14H,2-6,8H2,1H3. The Morgan fingerprint density at radius 3 is 3.12 bits per heavy atom. The second-order valence-corrected chi connectivity index (χ2v) is 5.35. The summed E-state index contributed by atoms with van der Waals surface area (Å²) >= 11 is 0. The lowest BCUT2D eigenvalue weighted by Gasteiger charge is -2.18. The summed E-state index contributed by atoms with van der Waals surface area (Å²) < 4.78 is 7.71. The normalized spacial score (nSPS) is 31.2. The summed E-state index contributed by atoms with van der Waals surface area (Å²) in [5.74, 6) is 0.752. The van der Waals surface area contributed by atoms with E-state index in [1.54, 1.807) is 0 Å². The molecule has 2 fully saturated rings. The largest absolute Gasteiger partial charge is 0.375 e. The van der Waals surface area contributed by atoms with Gasteiger partial charge in [0.25, 0.3) is 0 Å². The third kappa shape index (κ3) is 2.53. The Kier molecular flexibility index (Phi) is 3.16. The molecule has 2 aliphatic rings. The lowest BCUT2D eigenvalue weighted by molar-refractivity contribution is 0.0924. The van der Waals surface area contributed by atoms with Crippen LogP contribution in [0.2, 0.25) is 0 Å². The SMILES string of the molecule is Cn1cc(CCNCC2CC3CCC2O3)cn1. The van der Waals surface area contributed by atoms with Crippen molar-refractivity contribution in [3.8, 4) is 0 Å². The van der Waals surface area contributed by atoms with Gasteiger partial charge in [-0.05, 0) is 37.8 Å². The summed E-state index contributed by atoms with van der Waals surface area (Å²) in [6, 6.07) is 0. The molecule has 2 bridgehead atoms. The monoisotopic (exact) mass is 235 g/mol. The van der Waals surface area contributed by atoms with E-state index in [0.29, 0.717) is 12.2 Å². The van der Waals surface area contributed by atoms with Crippen molar-refractivity contribution in [1.29, 1.82) is 0 Å². The molecule has 1 aromatic rings. The maximum atomic E-state index is 5.85. The molecule has 2 aliphatic heterocycles. The van der Waals surface area contributed by atoms with E-state index in [1.807, 2.05) is 17.9 Å². The quantitative estimate of drug-likeness (QED) is 0.777. The fourth-order valence-electron chi connectivity index (χ4n) is 3.08. The first-order valence-corrected chi connectivity index (χ1v) is 6.65. The lowest BCUT2D eigenvalue weighted by Crippen LogP contribution is -2.30. The lowest BCUT2D eigenvalue weighted by atomic mass is 9.89. The van der Waals surface area contributed by atoms with Crippen LogP contribution in [0.3, 0.4) is 0 Å². The summed E-state index contributed by atoms with van der Waals surface area (Å²) in [5, 5.41) is 7.73. The van der Waals surface area contributed by atoms with E-state index >= 15 is 0 Å². The van der Waals surface area contributed by atoms with Crippen LogP contribution in [0.4, 0.5) is 0 Å². The molecule has 3 atom stereocenters. The number of ether oxygens (including phenoxy) is 1. The molecular formula is C13H21N3O. The smallest absolute Gasteiger partial charge is 0.0621 e. The van der Waals surface area contributed by atoms with E-state index < -0.39 is 0 Å². The second kappa shape index (κ2) is 4.78. The number of rotatable bonds is 5. The average molecular weight is 235 g/mol. The highest BCUT2D eigenvalue weighted by molar-refractivity contribution is 5.03. The number of fused-ring (bicyclic) bond motifs is 2. The molecule has 1 aromatic heterocycles. The first kappa shape index (κ1) is 11.2. The van der Waals surface area contributed by atoms with Crippen LogP contribution in [0.1, 0.15) is 24.8 Å². The van der Waals surface area contributed by atoms with Gasteiger partial charge in [-0.25, -0.2) is 0 Å². The Morgan fingerprint density at radius 1 is 1.53 bits per heavy atom. The Hall–Kier alpha value is -0.870. The highest BCUT2D eigenvalue weighted by Gasteiger charge is 2.40. The van der Waals surface area contributed by atoms with E-state index in [1.165, 1.54) is 24.8 Å². The molecule has 3 heterocycles. The third-order valence-corrected chi connectivity index (χ3v) is 3.99. The van der Waals surface area contributed by atoms with Crippen molar-refractivity contribution in [1.82, 2.24) is 15.1 Å². The van der Waals surface area contributed by atoms with Crippen LogP contribution in [0.5, 0.6) is 0 Å². The molecule has 0 aliphatic carbocycles. The van der Waals surface area contributed by atoms with E-state index in [-0.39, 0.29) is 0 Å². The summed E-state index contributed by atoms with van der Waals surface area (Å²) in [6.07, 6.45) is 10.1. The molecular weight excluding hydrogens is 214 g/mol. The zero-order chi connectivity index (χ0) is 11.7. The molecule has 4 heteroatoms. The number of hydrogen-bond donors (Lipinski definition) is 1. The van der Waals surface area contributed by atoms with E-state index in [4.69, 9.17) is 4.74 Å². The fraction of sp³-hybridized carbons (Fsp3) is 0.769. The van der Waals surface area contributed by atoms with Gasteiger partial charge in [0.1, 0.15) is 0 Å². The number of hydrogen-bond acceptors (Lipinski definition) is 3. The minimum Gasteiger partial charge on any atom is -0.375 e. The average Bonchev–Trinajstić information content (AvgIpc) is 3.00. The highest BCUT2D eigenvalue weighted by atomic mass is 16.5. The molecule has 4 nitrogen and oxygen atoms in total. The van der Waals surface area contributed by atoms with Crippen molar-refractivity contribution in [2.75, 3.05) is 13.1 Å². The second-order valence-electron chi connectivity index (χ2n) is 5.35. The topological polar surface area (TPSA) is 39.1 Å². The summed E-state index contributed by atoms with van der Waals surface area (Å²) in [4.78, 5) is 0. The Labute approximate surface area is 102 Å². The molecule has 0 spiro atoms. The molecule has 0 amide bonds. The van der Waals surface area contributed by atoms with Crippen LogP contribution in [0, 0.1) is 5.92 Å². The maximum Gasteiger partial charge on any atom is 0.0621 e. The molecule has 3 unspecified atom stereocenters. The van der Waals surface area contributed by atoms with Crippen LogP contribution in [0.25, 0.3) is 0 Å². The van der Waals surface area contributed by atoms with Crippen LogP contribution in [-0.4, -0.2) is 35.1 Å². The minimum atomic E-state index is 0.547. The highest BCUT2D eigenvalue weighted by Crippen LogP contribution is 2.38. The van der Waals surface area contributed by atoms with Crippen molar-refractivity contribution in [3.05, 3.63) is 18.0 Å². The minimum absolute atomic E-state index is 0.547. The molecule has 0 radical (unpaired) electrons. The molecule has 94 valence electrons. The first-order valence-electron chi connectivity index (χ1n) is 6.65. The summed E-state index contributed by atoms with van der Waals surface area (Å²) in [5.41, 5.74) is 1.31. The van der Waals surface area contributed by atoms with Crippen LogP contribution >= 0.6 is 0 Å². The van der Waals surface area contributed by atoms with Gasteiger partial charge in [0.2, 0.25) is 0 Å². The molecule has 0 saturated carbocycles. The van der Waals surface area contributed by atoms with E-state index in [9.17, 15) is 0 Å². The number of aromatic nitrogens is 2. The van der Waals surface area contributed by atoms with E-state index in [0.717, 1.165) is 25.4 Å². The number of nitrogens with one attached hydrogen (secondary N) is 1.